The second-order valence-corrected chi connectivity index (χ2v) is 26.0. The normalized spacial score (nSPS) is 12.6. The first-order valence-corrected chi connectivity index (χ1v) is 37.6. The number of amides is 1. The van der Waals surface area contributed by atoms with Crippen LogP contribution < -0.4 is 5.32 Å². The molecule has 0 aromatic rings. The van der Waals surface area contributed by atoms with Crippen molar-refractivity contribution in [2.45, 2.75) is 437 Å². The van der Waals surface area contributed by atoms with Gasteiger partial charge in [0.1, 0.15) is 0 Å². The topological polar surface area (TPSA) is 95.9 Å². The molecule has 486 valence electrons. The number of rotatable bonds is 71. The molecule has 0 aliphatic carbocycles. The average Bonchev–Trinajstić information content (AvgIpc) is 3.48. The zero-order valence-corrected chi connectivity index (χ0v) is 55.8. The van der Waals surface area contributed by atoms with E-state index in [0.29, 0.717) is 19.4 Å². The van der Waals surface area contributed by atoms with Gasteiger partial charge in [-0.3, -0.25) is 9.59 Å². The van der Waals surface area contributed by atoms with Crippen LogP contribution in [0.2, 0.25) is 0 Å². The largest absolute Gasteiger partial charge is 0.466 e. The van der Waals surface area contributed by atoms with Crippen molar-refractivity contribution < 1.29 is 24.5 Å². The van der Waals surface area contributed by atoms with Crippen LogP contribution in [-0.4, -0.2) is 47.4 Å². The van der Waals surface area contributed by atoms with Crippen LogP contribution in [-0.2, 0) is 14.3 Å². The molecule has 2 unspecified atom stereocenters. The van der Waals surface area contributed by atoms with Crippen LogP contribution in [0.15, 0.2) is 24.3 Å². The van der Waals surface area contributed by atoms with Gasteiger partial charge in [0.15, 0.2) is 0 Å². The smallest absolute Gasteiger partial charge is 0.305 e. The summed E-state index contributed by atoms with van der Waals surface area (Å²) in [5, 5.41) is 23.1. The molecule has 0 saturated heterocycles. The van der Waals surface area contributed by atoms with E-state index in [0.717, 1.165) is 38.5 Å². The van der Waals surface area contributed by atoms with E-state index in [2.05, 4.69) is 31.3 Å². The molecule has 0 aliphatic heterocycles. The van der Waals surface area contributed by atoms with E-state index in [1.54, 1.807) is 6.08 Å². The molecule has 0 aromatic carbocycles. The number of aliphatic hydroxyl groups is 2. The number of ether oxygens (including phenoxy) is 1. The maximum atomic E-state index is 12.5. The fraction of sp³-hybridized carbons (Fsp3) is 0.921. The van der Waals surface area contributed by atoms with Crippen molar-refractivity contribution in [1.29, 1.82) is 0 Å². The lowest BCUT2D eigenvalue weighted by molar-refractivity contribution is -0.143. The van der Waals surface area contributed by atoms with E-state index >= 15 is 0 Å². The Bertz CT molecular complexity index is 1280. The van der Waals surface area contributed by atoms with Crippen LogP contribution in [0.3, 0.4) is 0 Å². The number of carbonyl (C=O) groups is 2. The number of nitrogens with one attached hydrogen (secondary N) is 1. The SMILES string of the molecule is CCCCCCCC/C=C\CCCCCCCCCCCC(=O)OCCCCCCCCCCCCCCCCCCCCCCCCCCCCCCCCCCCC(=O)NC(CO)C(O)/C=C/CCCCCCCCCCCCC. The molecule has 0 radical (unpaired) electrons. The molecule has 82 heavy (non-hydrogen) atoms. The van der Waals surface area contributed by atoms with Gasteiger partial charge in [0.25, 0.3) is 0 Å². The van der Waals surface area contributed by atoms with Gasteiger partial charge in [0, 0.05) is 12.8 Å². The summed E-state index contributed by atoms with van der Waals surface area (Å²) < 4.78 is 5.52. The molecule has 0 rings (SSSR count). The number of esters is 1. The lowest BCUT2D eigenvalue weighted by atomic mass is 10.0. The predicted octanol–water partition coefficient (Wildman–Crippen LogP) is 24.5. The van der Waals surface area contributed by atoms with E-state index in [1.807, 2.05) is 6.08 Å². The lowest BCUT2D eigenvalue weighted by Gasteiger charge is -2.20. The first-order valence-electron chi connectivity index (χ1n) is 37.6. The summed E-state index contributed by atoms with van der Waals surface area (Å²) in [6, 6.07) is -0.623. The average molecular weight is 1160 g/mol. The van der Waals surface area contributed by atoms with Gasteiger partial charge in [-0.15, -0.1) is 0 Å². The van der Waals surface area contributed by atoms with Gasteiger partial charge in [0.2, 0.25) is 5.91 Å². The number of hydrogen-bond donors (Lipinski definition) is 3. The molecule has 0 fully saturated rings. The van der Waals surface area contributed by atoms with Gasteiger partial charge in [0.05, 0.1) is 25.4 Å². The number of carbonyl (C=O) groups excluding carboxylic acids is 2. The second-order valence-electron chi connectivity index (χ2n) is 26.0. The van der Waals surface area contributed by atoms with Gasteiger partial charge in [-0.2, -0.15) is 0 Å². The van der Waals surface area contributed by atoms with Crippen molar-refractivity contribution in [3.8, 4) is 0 Å². The Morgan fingerprint density at radius 1 is 0.329 bits per heavy atom. The Morgan fingerprint density at radius 2 is 0.573 bits per heavy atom. The number of hydrogen-bond acceptors (Lipinski definition) is 5. The predicted molar refractivity (Wildman–Crippen MR) is 361 cm³/mol. The standard InChI is InChI=1S/C76H147NO5/c1-3-5-7-9-11-13-15-17-18-19-35-39-42-46-50-54-58-62-66-70-76(81)82-71-67-63-59-55-51-47-43-40-37-34-32-30-28-26-24-22-20-21-23-25-27-29-31-33-36-38-41-45-49-53-57-61-65-69-75(80)77-73(72-78)74(79)68-64-60-56-52-48-44-16-14-12-10-8-6-4-2/h17-18,64,68,73-74,78-79H,3-16,19-63,65-67,69-72H2,1-2H3,(H,77,80)/b18-17-,68-64+. The van der Waals surface area contributed by atoms with E-state index < -0.39 is 12.1 Å². The van der Waals surface area contributed by atoms with Crippen molar-refractivity contribution in [2.24, 2.45) is 0 Å². The van der Waals surface area contributed by atoms with E-state index in [9.17, 15) is 19.8 Å². The van der Waals surface area contributed by atoms with Crippen LogP contribution >= 0.6 is 0 Å². The second kappa shape index (κ2) is 71.8. The minimum absolute atomic E-state index is 0.0218. The third kappa shape index (κ3) is 67.5. The number of allylic oxidation sites excluding steroid dienone is 3. The van der Waals surface area contributed by atoms with Crippen molar-refractivity contribution in [3.05, 3.63) is 24.3 Å². The fourth-order valence-electron chi connectivity index (χ4n) is 12.0. The van der Waals surface area contributed by atoms with Crippen molar-refractivity contribution in [3.63, 3.8) is 0 Å². The molecule has 0 spiro atoms. The Kier molecular flexibility index (Phi) is 70.4. The van der Waals surface area contributed by atoms with Crippen LogP contribution in [0.5, 0.6) is 0 Å². The minimum Gasteiger partial charge on any atom is -0.466 e. The van der Waals surface area contributed by atoms with E-state index in [1.165, 1.54) is 360 Å². The fourth-order valence-corrected chi connectivity index (χ4v) is 12.0. The molecule has 0 heterocycles. The highest BCUT2D eigenvalue weighted by Gasteiger charge is 2.18. The van der Waals surface area contributed by atoms with Crippen molar-refractivity contribution >= 4 is 11.9 Å². The minimum atomic E-state index is -0.840. The molecule has 0 aliphatic rings. The molecule has 0 aromatic heterocycles. The van der Waals surface area contributed by atoms with Crippen LogP contribution in [0.1, 0.15) is 425 Å². The Labute approximate surface area is 513 Å². The van der Waals surface area contributed by atoms with E-state index in [4.69, 9.17) is 4.74 Å². The van der Waals surface area contributed by atoms with Crippen LogP contribution in [0, 0.1) is 0 Å². The van der Waals surface area contributed by atoms with Crippen molar-refractivity contribution in [2.75, 3.05) is 13.2 Å². The highest BCUT2D eigenvalue weighted by molar-refractivity contribution is 5.76. The zero-order chi connectivity index (χ0) is 59.2. The molecule has 1 amide bonds. The van der Waals surface area contributed by atoms with E-state index in [-0.39, 0.29) is 18.5 Å². The number of aliphatic hydroxyl groups excluding tert-OH is 2. The summed E-state index contributed by atoms with van der Waals surface area (Å²) in [5.74, 6) is -0.0394. The Morgan fingerprint density at radius 3 is 0.866 bits per heavy atom. The summed E-state index contributed by atoms with van der Waals surface area (Å²) >= 11 is 0. The first kappa shape index (κ1) is 80.3. The maximum Gasteiger partial charge on any atom is 0.305 e. The third-order valence-corrected chi connectivity index (χ3v) is 17.7. The molecule has 3 N–H and O–H groups in total. The Hall–Kier alpha value is -1.66. The molecule has 2 atom stereocenters. The highest BCUT2D eigenvalue weighted by atomic mass is 16.5. The molecular formula is C76H147NO5. The zero-order valence-electron chi connectivity index (χ0n) is 55.8. The number of unbranched alkanes of at least 4 members (excludes halogenated alkanes) is 58. The van der Waals surface area contributed by atoms with Crippen molar-refractivity contribution in [1.82, 2.24) is 5.32 Å². The molecule has 0 saturated carbocycles. The molecule has 6 heteroatoms. The van der Waals surface area contributed by atoms with Gasteiger partial charge < -0.3 is 20.3 Å². The van der Waals surface area contributed by atoms with Crippen LogP contribution in [0.25, 0.3) is 0 Å². The van der Waals surface area contributed by atoms with Gasteiger partial charge in [-0.25, -0.2) is 0 Å². The van der Waals surface area contributed by atoms with Crippen LogP contribution in [0.4, 0.5) is 0 Å². The summed E-state index contributed by atoms with van der Waals surface area (Å²) in [6.07, 6.45) is 91.5. The maximum absolute atomic E-state index is 12.5. The summed E-state index contributed by atoms with van der Waals surface area (Å²) in [5.41, 5.74) is 0. The third-order valence-electron chi connectivity index (χ3n) is 17.7. The quantitative estimate of drug-likeness (QED) is 0.0320. The highest BCUT2D eigenvalue weighted by Crippen LogP contribution is 2.19. The van der Waals surface area contributed by atoms with Gasteiger partial charge >= 0.3 is 5.97 Å². The summed E-state index contributed by atoms with van der Waals surface area (Å²) in [6.45, 7) is 4.93. The monoisotopic (exact) mass is 1150 g/mol. The van der Waals surface area contributed by atoms with Gasteiger partial charge in [-0.05, 0) is 57.8 Å². The summed E-state index contributed by atoms with van der Waals surface area (Å²) in [7, 11) is 0. The van der Waals surface area contributed by atoms with Gasteiger partial charge in [-0.1, -0.05) is 378 Å². The first-order chi connectivity index (χ1) is 40.5. The summed E-state index contributed by atoms with van der Waals surface area (Å²) in [4.78, 5) is 24.6. The molecule has 0 bridgehead atoms. The Balaban J connectivity index is 3.30. The molecular weight excluding hydrogens is 1010 g/mol. The molecule has 6 nitrogen and oxygen atoms in total. The lowest BCUT2D eigenvalue weighted by Crippen LogP contribution is -2.45.